The number of halogens is 1. The molecule has 0 amide bonds. The zero-order chi connectivity index (χ0) is 11.5. The Balaban J connectivity index is 2.36. The Morgan fingerprint density at radius 3 is 2.94 bits per heavy atom. The maximum absolute atomic E-state index is 13.0. The van der Waals surface area contributed by atoms with Gasteiger partial charge in [-0.05, 0) is 36.9 Å². The van der Waals surface area contributed by atoms with E-state index in [1.807, 2.05) is 0 Å². The van der Waals surface area contributed by atoms with Crippen molar-refractivity contribution in [3.05, 3.63) is 35.9 Å². The lowest BCUT2D eigenvalue weighted by atomic mass is 10.1. The van der Waals surface area contributed by atoms with Crippen LogP contribution in [0.2, 0.25) is 0 Å². The van der Waals surface area contributed by atoms with E-state index in [4.69, 9.17) is 0 Å². The van der Waals surface area contributed by atoms with Crippen molar-refractivity contribution in [1.29, 1.82) is 0 Å². The van der Waals surface area contributed by atoms with Gasteiger partial charge in [-0.2, -0.15) is 5.10 Å². The summed E-state index contributed by atoms with van der Waals surface area (Å²) in [6.45, 7) is 1.40. The lowest BCUT2D eigenvalue weighted by Crippen LogP contribution is -1.96. The van der Waals surface area contributed by atoms with Crippen molar-refractivity contribution >= 4 is 17.5 Å². The van der Waals surface area contributed by atoms with Gasteiger partial charge in [-0.15, -0.1) is 0 Å². The highest BCUT2D eigenvalue weighted by atomic mass is 32.2. The number of hydrogen-bond donors (Lipinski definition) is 1. The SMILES string of the molecule is CC(=O)c1cc(F)ccc1Sc1ncn[nH]1. The average molecular weight is 237 g/mol. The first kappa shape index (κ1) is 10.8. The van der Waals surface area contributed by atoms with Crippen LogP contribution in [0.25, 0.3) is 0 Å². The Kier molecular flexibility index (Phi) is 3.00. The number of nitrogens with zero attached hydrogens (tertiary/aromatic N) is 2. The van der Waals surface area contributed by atoms with Crippen LogP contribution >= 0.6 is 11.8 Å². The highest BCUT2D eigenvalue weighted by Crippen LogP contribution is 2.28. The largest absolute Gasteiger partial charge is 0.294 e. The van der Waals surface area contributed by atoms with Gasteiger partial charge in [-0.1, -0.05) is 0 Å². The van der Waals surface area contributed by atoms with Gasteiger partial charge in [0.25, 0.3) is 0 Å². The molecule has 0 fully saturated rings. The first-order chi connectivity index (χ1) is 7.66. The Labute approximate surface area is 95.3 Å². The molecule has 0 saturated carbocycles. The molecule has 1 N–H and O–H groups in total. The highest BCUT2D eigenvalue weighted by molar-refractivity contribution is 7.99. The van der Waals surface area contributed by atoms with E-state index in [0.29, 0.717) is 15.6 Å². The lowest BCUT2D eigenvalue weighted by Gasteiger charge is -2.04. The standard InChI is InChI=1S/C10H8FN3OS/c1-6(15)8-4-7(11)2-3-9(8)16-10-12-5-13-14-10/h2-5H,1H3,(H,12,13,14). The van der Waals surface area contributed by atoms with Crippen molar-refractivity contribution in [3.63, 3.8) is 0 Å². The van der Waals surface area contributed by atoms with Crippen LogP contribution in [-0.4, -0.2) is 21.0 Å². The summed E-state index contributed by atoms with van der Waals surface area (Å²) in [5, 5.41) is 6.92. The quantitative estimate of drug-likeness (QED) is 0.832. The van der Waals surface area contributed by atoms with Crippen LogP contribution in [0.3, 0.4) is 0 Å². The molecule has 0 aliphatic carbocycles. The summed E-state index contributed by atoms with van der Waals surface area (Å²) in [5.41, 5.74) is 0.349. The van der Waals surface area contributed by atoms with Crippen molar-refractivity contribution < 1.29 is 9.18 Å². The number of hydrogen-bond acceptors (Lipinski definition) is 4. The molecule has 1 aromatic heterocycles. The predicted octanol–water partition coefficient (Wildman–Crippen LogP) is 2.30. The number of aromatic amines is 1. The molecule has 2 aromatic rings. The molecule has 1 heterocycles. The summed E-state index contributed by atoms with van der Waals surface area (Å²) < 4.78 is 13.0. The van der Waals surface area contributed by atoms with E-state index >= 15 is 0 Å². The first-order valence-electron chi connectivity index (χ1n) is 4.50. The van der Waals surface area contributed by atoms with Crippen molar-refractivity contribution in [1.82, 2.24) is 15.2 Å². The lowest BCUT2D eigenvalue weighted by molar-refractivity contribution is 0.101. The van der Waals surface area contributed by atoms with E-state index in [2.05, 4.69) is 15.2 Å². The molecule has 0 aliphatic heterocycles. The minimum Gasteiger partial charge on any atom is -0.294 e. The number of nitrogens with one attached hydrogen (secondary N) is 1. The number of ketones is 1. The van der Waals surface area contributed by atoms with Crippen molar-refractivity contribution in [2.75, 3.05) is 0 Å². The van der Waals surface area contributed by atoms with Gasteiger partial charge in [0.1, 0.15) is 12.1 Å². The maximum Gasteiger partial charge on any atom is 0.188 e. The van der Waals surface area contributed by atoms with E-state index in [-0.39, 0.29) is 5.78 Å². The molecule has 0 unspecified atom stereocenters. The molecule has 6 heteroatoms. The van der Waals surface area contributed by atoms with E-state index < -0.39 is 5.82 Å². The number of benzene rings is 1. The van der Waals surface area contributed by atoms with Gasteiger partial charge in [0.05, 0.1) is 0 Å². The topological polar surface area (TPSA) is 58.6 Å². The molecule has 4 nitrogen and oxygen atoms in total. The molecule has 82 valence electrons. The number of carbonyl (C=O) groups excluding carboxylic acids is 1. The predicted molar refractivity (Wildman–Crippen MR) is 56.9 cm³/mol. The third-order valence-electron chi connectivity index (χ3n) is 1.92. The molecular weight excluding hydrogens is 229 g/mol. The van der Waals surface area contributed by atoms with Gasteiger partial charge in [0, 0.05) is 10.5 Å². The van der Waals surface area contributed by atoms with E-state index in [1.165, 1.54) is 37.1 Å². The summed E-state index contributed by atoms with van der Waals surface area (Å²) in [6.07, 6.45) is 1.37. The third-order valence-corrected chi connectivity index (χ3v) is 2.89. The number of H-pyrrole nitrogens is 1. The van der Waals surface area contributed by atoms with Crippen molar-refractivity contribution in [3.8, 4) is 0 Å². The van der Waals surface area contributed by atoms with Crippen LogP contribution in [0.1, 0.15) is 17.3 Å². The highest BCUT2D eigenvalue weighted by Gasteiger charge is 2.11. The van der Waals surface area contributed by atoms with Crippen LogP contribution in [0.15, 0.2) is 34.6 Å². The summed E-state index contributed by atoms with van der Waals surface area (Å²) in [6, 6.07) is 4.09. The molecule has 16 heavy (non-hydrogen) atoms. The Hall–Kier alpha value is -1.69. The van der Waals surface area contributed by atoms with Gasteiger partial charge in [0.2, 0.25) is 0 Å². The monoisotopic (exact) mass is 237 g/mol. The number of rotatable bonds is 3. The fourth-order valence-corrected chi connectivity index (χ4v) is 2.07. The molecule has 0 atom stereocenters. The second kappa shape index (κ2) is 4.44. The number of Topliss-reactive ketones (excluding diaryl/α,β-unsaturated/α-hetero) is 1. The average Bonchev–Trinajstić information content (AvgIpc) is 2.73. The van der Waals surface area contributed by atoms with Crippen LogP contribution in [0, 0.1) is 5.82 Å². The van der Waals surface area contributed by atoms with Crippen molar-refractivity contribution in [2.45, 2.75) is 17.0 Å². The minimum absolute atomic E-state index is 0.179. The molecule has 0 aliphatic rings. The minimum atomic E-state index is -0.424. The second-order valence-corrected chi connectivity index (χ2v) is 4.12. The van der Waals surface area contributed by atoms with Crippen LogP contribution < -0.4 is 0 Å². The van der Waals surface area contributed by atoms with E-state index in [1.54, 1.807) is 6.07 Å². The second-order valence-electron chi connectivity index (χ2n) is 3.09. The smallest absolute Gasteiger partial charge is 0.188 e. The van der Waals surface area contributed by atoms with Gasteiger partial charge >= 0.3 is 0 Å². The molecule has 0 bridgehead atoms. The van der Waals surface area contributed by atoms with Crippen LogP contribution in [-0.2, 0) is 0 Å². The molecule has 0 saturated heterocycles. The fraction of sp³-hybridized carbons (Fsp3) is 0.100. The van der Waals surface area contributed by atoms with Gasteiger partial charge < -0.3 is 0 Å². The molecular formula is C10H8FN3OS. The number of aromatic nitrogens is 3. The summed E-state index contributed by atoms with van der Waals surface area (Å²) in [5.74, 6) is -0.603. The summed E-state index contributed by atoms with van der Waals surface area (Å²) >= 11 is 1.24. The molecule has 0 spiro atoms. The molecule has 1 aromatic carbocycles. The third kappa shape index (κ3) is 2.27. The van der Waals surface area contributed by atoms with E-state index in [0.717, 1.165) is 0 Å². The van der Waals surface area contributed by atoms with Gasteiger partial charge in [0.15, 0.2) is 10.9 Å². The van der Waals surface area contributed by atoms with E-state index in [9.17, 15) is 9.18 Å². The Morgan fingerprint density at radius 1 is 1.50 bits per heavy atom. The zero-order valence-electron chi connectivity index (χ0n) is 8.40. The Bertz CT molecular complexity index is 513. The first-order valence-corrected chi connectivity index (χ1v) is 5.32. The van der Waals surface area contributed by atoms with Gasteiger partial charge in [-0.25, -0.2) is 9.37 Å². The number of carbonyl (C=O) groups is 1. The molecule has 0 radical (unpaired) electrons. The Morgan fingerprint density at radius 2 is 2.31 bits per heavy atom. The maximum atomic E-state index is 13.0. The zero-order valence-corrected chi connectivity index (χ0v) is 9.21. The van der Waals surface area contributed by atoms with Crippen molar-refractivity contribution in [2.24, 2.45) is 0 Å². The fourth-order valence-electron chi connectivity index (χ4n) is 1.21. The summed E-state index contributed by atoms with van der Waals surface area (Å²) in [7, 11) is 0. The van der Waals surface area contributed by atoms with Gasteiger partial charge in [-0.3, -0.25) is 9.89 Å². The summed E-state index contributed by atoms with van der Waals surface area (Å²) in [4.78, 5) is 15.9. The normalized spacial score (nSPS) is 10.4. The molecule has 2 rings (SSSR count). The van der Waals surface area contributed by atoms with Crippen LogP contribution in [0.4, 0.5) is 4.39 Å². The van der Waals surface area contributed by atoms with Crippen LogP contribution in [0.5, 0.6) is 0 Å².